The van der Waals surface area contributed by atoms with Gasteiger partial charge in [-0.3, -0.25) is 4.79 Å². The third-order valence-corrected chi connectivity index (χ3v) is 6.68. The standard InChI is InChI=1S/C23H25ClN2O4/c1-3-29-22(28)16-12-14(7-9-18(16)24)19-10-8-15(30-19)13-25-26-21(27)20-17-6-4-5-11-23(17,20)2/h7-10,12-13,17,20H,3-6,11H2,1-2H3,(H,26,27)/b25-13-/t17-,20+,23+/m1/s1. The summed E-state index contributed by atoms with van der Waals surface area (Å²) in [6.45, 7) is 4.22. The molecule has 1 aromatic carbocycles. The van der Waals surface area contributed by atoms with E-state index < -0.39 is 5.97 Å². The third kappa shape index (κ3) is 3.88. The Hall–Kier alpha value is -2.60. The number of fused-ring (bicyclic) bond motifs is 1. The number of nitrogens with zero attached hydrogens (tertiary/aromatic N) is 1. The number of nitrogens with one attached hydrogen (secondary N) is 1. The molecule has 0 aliphatic heterocycles. The summed E-state index contributed by atoms with van der Waals surface area (Å²) >= 11 is 6.11. The van der Waals surface area contributed by atoms with Gasteiger partial charge in [0, 0.05) is 11.5 Å². The molecule has 3 atom stereocenters. The second-order valence-electron chi connectivity index (χ2n) is 8.19. The van der Waals surface area contributed by atoms with Crippen molar-refractivity contribution in [1.82, 2.24) is 5.43 Å². The minimum absolute atomic E-state index is 0.00999. The second-order valence-corrected chi connectivity index (χ2v) is 8.59. The lowest BCUT2D eigenvalue weighted by Crippen LogP contribution is -2.22. The Balaban J connectivity index is 1.40. The predicted octanol–water partition coefficient (Wildman–Crippen LogP) is 5.05. The highest BCUT2D eigenvalue weighted by Gasteiger charge is 2.64. The second kappa shape index (κ2) is 8.26. The van der Waals surface area contributed by atoms with Crippen LogP contribution in [0.15, 0.2) is 39.9 Å². The third-order valence-electron chi connectivity index (χ3n) is 6.35. The molecule has 2 aliphatic carbocycles. The zero-order valence-electron chi connectivity index (χ0n) is 17.1. The Morgan fingerprint density at radius 3 is 2.90 bits per heavy atom. The van der Waals surface area contributed by atoms with Gasteiger partial charge in [0.05, 0.1) is 23.4 Å². The molecule has 0 bridgehead atoms. The molecule has 1 N–H and O–H groups in total. The average Bonchev–Trinajstić information content (AvgIpc) is 3.09. The highest BCUT2D eigenvalue weighted by Crippen LogP contribution is 2.66. The quantitative estimate of drug-likeness (QED) is 0.396. The zero-order chi connectivity index (χ0) is 21.3. The van der Waals surface area contributed by atoms with Gasteiger partial charge >= 0.3 is 5.97 Å². The van der Waals surface area contributed by atoms with Gasteiger partial charge < -0.3 is 9.15 Å². The van der Waals surface area contributed by atoms with Gasteiger partial charge in [0.25, 0.3) is 0 Å². The Labute approximate surface area is 180 Å². The molecule has 0 saturated heterocycles. The summed E-state index contributed by atoms with van der Waals surface area (Å²) in [5, 5.41) is 4.39. The number of carbonyl (C=O) groups is 2. The number of ether oxygens (including phenoxy) is 1. The monoisotopic (exact) mass is 428 g/mol. The van der Waals surface area contributed by atoms with Gasteiger partial charge in [-0.25, -0.2) is 10.2 Å². The smallest absolute Gasteiger partial charge is 0.339 e. The van der Waals surface area contributed by atoms with Crippen molar-refractivity contribution in [3.63, 3.8) is 0 Å². The van der Waals surface area contributed by atoms with E-state index in [-0.39, 0.29) is 29.4 Å². The van der Waals surface area contributed by atoms with Crippen LogP contribution in [-0.4, -0.2) is 24.7 Å². The minimum atomic E-state index is -0.477. The van der Waals surface area contributed by atoms with E-state index in [1.54, 1.807) is 37.3 Å². The van der Waals surface area contributed by atoms with E-state index in [4.69, 9.17) is 20.8 Å². The van der Waals surface area contributed by atoms with Crippen molar-refractivity contribution >= 4 is 29.7 Å². The molecule has 1 amide bonds. The van der Waals surface area contributed by atoms with E-state index >= 15 is 0 Å². The average molecular weight is 429 g/mol. The number of carbonyl (C=O) groups excluding carboxylic acids is 2. The van der Waals surface area contributed by atoms with Crippen molar-refractivity contribution in [2.24, 2.45) is 22.4 Å². The first-order valence-electron chi connectivity index (χ1n) is 10.3. The fourth-order valence-corrected chi connectivity index (χ4v) is 4.90. The molecule has 0 spiro atoms. The van der Waals surface area contributed by atoms with Crippen LogP contribution in [0.1, 0.15) is 55.6 Å². The van der Waals surface area contributed by atoms with Crippen molar-refractivity contribution in [3.8, 4) is 11.3 Å². The molecule has 1 heterocycles. The number of amides is 1. The zero-order valence-corrected chi connectivity index (χ0v) is 17.9. The normalized spacial score (nSPS) is 25.0. The van der Waals surface area contributed by atoms with Crippen LogP contribution in [0.5, 0.6) is 0 Å². The lowest BCUT2D eigenvalue weighted by atomic mass is 9.90. The molecule has 4 rings (SSSR count). The van der Waals surface area contributed by atoms with E-state index in [2.05, 4.69) is 17.5 Å². The number of hydrazone groups is 1. The fraction of sp³-hybridized carbons (Fsp3) is 0.435. The molecule has 2 fully saturated rings. The van der Waals surface area contributed by atoms with Crippen LogP contribution in [0.3, 0.4) is 0 Å². The molecule has 30 heavy (non-hydrogen) atoms. The maximum Gasteiger partial charge on any atom is 0.339 e. The number of furan rings is 1. The van der Waals surface area contributed by atoms with Crippen molar-refractivity contribution in [3.05, 3.63) is 46.7 Å². The highest BCUT2D eigenvalue weighted by molar-refractivity contribution is 6.33. The Kier molecular flexibility index (Phi) is 5.69. The van der Waals surface area contributed by atoms with Crippen LogP contribution in [0, 0.1) is 17.3 Å². The number of hydrogen-bond donors (Lipinski definition) is 1. The fourth-order valence-electron chi connectivity index (χ4n) is 4.70. The van der Waals surface area contributed by atoms with Crippen molar-refractivity contribution in [2.75, 3.05) is 6.61 Å². The lowest BCUT2D eigenvalue weighted by Gasteiger charge is -2.15. The number of halogens is 1. The van der Waals surface area contributed by atoms with Crippen molar-refractivity contribution in [2.45, 2.75) is 39.5 Å². The summed E-state index contributed by atoms with van der Waals surface area (Å²) in [7, 11) is 0. The van der Waals surface area contributed by atoms with E-state index in [1.165, 1.54) is 19.1 Å². The molecular formula is C23H25ClN2O4. The van der Waals surface area contributed by atoms with Crippen LogP contribution < -0.4 is 5.43 Å². The van der Waals surface area contributed by atoms with E-state index in [0.29, 0.717) is 28.0 Å². The summed E-state index contributed by atoms with van der Waals surface area (Å²) in [6.07, 6.45) is 6.16. The predicted molar refractivity (Wildman–Crippen MR) is 114 cm³/mol. The molecule has 0 unspecified atom stereocenters. The van der Waals surface area contributed by atoms with Gasteiger partial charge in [-0.05, 0) is 61.4 Å². The summed E-state index contributed by atoms with van der Waals surface area (Å²) in [5.41, 5.74) is 3.80. The van der Waals surface area contributed by atoms with Gasteiger partial charge in [-0.15, -0.1) is 0 Å². The molecule has 2 saturated carbocycles. The minimum Gasteiger partial charge on any atom is -0.462 e. The molecule has 158 valence electrons. The van der Waals surface area contributed by atoms with Crippen molar-refractivity contribution < 1.29 is 18.7 Å². The first-order chi connectivity index (χ1) is 14.4. The molecule has 7 heteroatoms. The first-order valence-corrected chi connectivity index (χ1v) is 10.7. The van der Waals surface area contributed by atoms with Crippen LogP contribution in [-0.2, 0) is 9.53 Å². The number of rotatable bonds is 6. The molecule has 2 aliphatic rings. The SMILES string of the molecule is CCOC(=O)c1cc(-c2ccc(/C=N\NC(=O)[C@@H]3[C@H]4CCCC[C@@]43C)o2)ccc1Cl. The maximum atomic E-state index is 12.5. The van der Waals surface area contributed by atoms with Crippen LogP contribution in [0.25, 0.3) is 11.3 Å². The topological polar surface area (TPSA) is 80.9 Å². The van der Waals surface area contributed by atoms with Crippen LogP contribution in [0.4, 0.5) is 0 Å². The number of esters is 1. The Morgan fingerprint density at radius 1 is 1.33 bits per heavy atom. The van der Waals surface area contributed by atoms with E-state index in [0.717, 1.165) is 12.8 Å². The molecule has 2 aromatic rings. The van der Waals surface area contributed by atoms with Gasteiger partial charge in [0.2, 0.25) is 5.91 Å². The van der Waals surface area contributed by atoms with Gasteiger partial charge in [0.15, 0.2) is 0 Å². The molecule has 6 nitrogen and oxygen atoms in total. The van der Waals surface area contributed by atoms with Gasteiger partial charge in [0.1, 0.15) is 11.5 Å². The molecule has 0 radical (unpaired) electrons. The largest absolute Gasteiger partial charge is 0.462 e. The number of benzene rings is 1. The number of hydrogen-bond acceptors (Lipinski definition) is 5. The summed E-state index contributed by atoms with van der Waals surface area (Å²) < 4.78 is 10.8. The Morgan fingerprint density at radius 2 is 2.17 bits per heavy atom. The van der Waals surface area contributed by atoms with Crippen LogP contribution in [0.2, 0.25) is 5.02 Å². The maximum absolute atomic E-state index is 12.5. The highest BCUT2D eigenvalue weighted by atomic mass is 35.5. The van der Waals surface area contributed by atoms with E-state index in [9.17, 15) is 9.59 Å². The van der Waals surface area contributed by atoms with Crippen LogP contribution >= 0.6 is 11.6 Å². The first kappa shape index (κ1) is 20.7. The van der Waals surface area contributed by atoms with Gasteiger partial charge in [-0.1, -0.05) is 31.4 Å². The van der Waals surface area contributed by atoms with Crippen molar-refractivity contribution in [1.29, 1.82) is 0 Å². The summed E-state index contributed by atoms with van der Waals surface area (Å²) in [4.78, 5) is 24.5. The lowest BCUT2D eigenvalue weighted by molar-refractivity contribution is -0.123. The summed E-state index contributed by atoms with van der Waals surface area (Å²) in [6, 6.07) is 8.56. The summed E-state index contributed by atoms with van der Waals surface area (Å²) in [5.74, 6) is 1.14. The van der Waals surface area contributed by atoms with Gasteiger partial charge in [-0.2, -0.15) is 5.10 Å². The molecule has 1 aromatic heterocycles. The molecular weight excluding hydrogens is 404 g/mol. The Bertz CT molecular complexity index is 999. The van der Waals surface area contributed by atoms with E-state index in [1.807, 2.05) is 0 Å².